The summed E-state index contributed by atoms with van der Waals surface area (Å²) in [4.78, 5) is 38.7. The third-order valence-corrected chi connectivity index (χ3v) is 5.32. The summed E-state index contributed by atoms with van der Waals surface area (Å²) in [6.07, 6.45) is 0.446. The van der Waals surface area contributed by atoms with Crippen LogP contribution in [0.2, 0.25) is 0 Å². The van der Waals surface area contributed by atoms with Crippen LogP contribution >= 0.6 is 0 Å². The van der Waals surface area contributed by atoms with E-state index in [4.69, 9.17) is 4.74 Å². The highest BCUT2D eigenvalue weighted by Crippen LogP contribution is 2.28. The molecule has 1 atom stereocenters. The van der Waals surface area contributed by atoms with Gasteiger partial charge in [0.2, 0.25) is 5.91 Å². The van der Waals surface area contributed by atoms with Gasteiger partial charge in [0.25, 0.3) is 5.91 Å². The first-order chi connectivity index (χ1) is 14.3. The van der Waals surface area contributed by atoms with Gasteiger partial charge in [0.05, 0.1) is 5.56 Å². The maximum atomic E-state index is 12.6. The van der Waals surface area contributed by atoms with Crippen molar-refractivity contribution in [3.8, 4) is 0 Å². The van der Waals surface area contributed by atoms with Gasteiger partial charge in [-0.1, -0.05) is 32.0 Å². The van der Waals surface area contributed by atoms with E-state index in [2.05, 4.69) is 19.2 Å². The van der Waals surface area contributed by atoms with Crippen molar-refractivity contribution in [1.82, 2.24) is 0 Å². The predicted octanol–water partition coefficient (Wildman–Crippen LogP) is 4.43. The van der Waals surface area contributed by atoms with Crippen LogP contribution in [0.25, 0.3) is 0 Å². The van der Waals surface area contributed by atoms with Crippen molar-refractivity contribution in [3.63, 3.8) is 0 Å². The monoisotopic (exact) mass is 408 g/mol. The Balaban J connectivity index is 1.64. The molecule has 0 aromatic heterocycles. The standard InChI is InChI=1S/C24H28N2O4/c1-15(2)20-8-5-7-16(3)22(20)25-23(28)17(4)30-24(29)18-10-12-19(13-11-18)26-14-6-9-21(26)27/h5,7-8,10-13,15,17H,6,9,14H2,1-4H3,(H,25,28)/t17-/m0/s1. The molecule has 0 unspecified atom stereocenters. The first kappa shape index (κ1) is 21.6. The Kier molecular flexibility index (Phi) is 6.55. The number of nitrogens with zero attached hydrogens (tertiary/aromatic N) is 1. The van der Waals surface area contributed by atoms with E-state index < -0.39 is 12.1 Å². The summed E-state index contributed by atoms with van der Waals surface area (Å²) < 4.78 is 5.37. The van der Waals surface area contributed by atoms with Gasteiger partial charge in [-0.2, -0.15) is 0 Å². The Hall–Kier alpha value is -3.15. The molecule has 2 amide bonds. The van der Waals surface area contributed by atoms with Gasteiger partial charge in [-0.15, -0.1) is 0 Å². The van der Waals surface area contributed by atoms with Gasteiger partial charge in [-0.25, -0.2) is 4.79 Å². The first-order valence-electron chi connectivity index (χ1n) is 10.3. The number of benzene rings is 2. The fourth-order valence-electron chi connectivity index (χ4n) is 3.55. The van der Waals surface area contributed by atoms with E-state index >= 15 is 0 Å². The molecule has 0 saturated carbocycles. The molecular formula is C24H28N2O4. The molecule has 0 radical (unpaired) electrons. The van der Waals surface area contributed by atoms with Crippen LogP contribution in [0.1, 0.15) is 61.0 Å². The molecule has 1 aliphatic heterocycles. The largest absolute Gasteiger partial charge is 0.449 e. The van der Waals surface area contributed by atoms with Crippen LogP contribution in [-0.4, -0.2) is 30.4 Å². The van der Waals surface area contributed by atoms with Gasteiger partial charge in [-0.3, -0.25) is 9.59 Å². The summed E-state index contributed by atoms with van der Waals surface area (Å²) >= 11 is 0. The number of hydrogen-bond acceptors (Lipinski definition) is 4. The number of nitrogens with one attached hydrogen (secondary N) is 1. The van der Waals surface area contributed by atoms with Crippen molar-refractivity contribution in [3.05, 3.63) is 59.2 Å². The summed E-state index contributed by atoms with van der Waals surface area (Å²) in [6.45, 7) is 8.31. The zero-order valence-electron chi connectivity index (χ0n) is 17.9. The molecule has 2 aromatic carbocycles. The fraction of sp³-hybridized carbons (Fsp3) is 0.375. The smallest absolute Gasteiger partial charge is 0.338 e. The number of para-hydroxylation sites is 1. The fourth-order valence-corrected chi connectivity index (χ4v) is 3.55. The maximum absolute atomic E-state index is 12.6. The summed E-state index contributed by atoms with van der Waals surface area (Å²) in [5.41, 5.74) is 3.86. The Morgan fingerprint density at radius 1 is 1.07 bits per heavy atom. The minimum atomic E-state index is -0.947. The molecule has 3 rings (SSSR count). The molecular weight excluding hydrogens is 380 g/mol. The molecule has 1 fully saturated rings. The molecule has 1 saturated heterocycles. The van der Waals surface area contributed by atoms with Gasteiger partial charge < -0.3 is 15.0 Å². The van der Waals surface area contributed by atoms with Gasteiger partial charge in [-0.05, 0) is 61.6 Å². The Morgan fingerprint density at radius 2 is 1.77 bits per heavy atom. The van der Waals surface area contributed by atoms with Crippen LogP contribution < -0.4 is 10.2 Å². The molecule has 0 spiro atoms. The summed E-state index contributed by atoms with van der Waals surface area (Å²) in [5.74, 6) is -0.615. The SMILES string of the molecule is Cc1cccc(C(C)C)c1NC(=O)[C@H](C)OC(=O)c1ccc(N2CCCC2=O)cc1. The highest BCUT2D eigenvalue weighted by Gasteiger charge is 2.23. The van der Waals surface area contributed by atoms with Crippen molar-refractivity contribution < 1.29 is 19.1 Å². The second-order valence-corrected chi connectivity index (χ2v) is 7.93. The van der Waals surface area contributed by atoms with Gasteiger partial charge in [0, 0.05) is 24.3 Å². The van der Waals surface area contributed by atoms with E-state index in [0.29, 0.717) is 18.5 Å². The van der Waals surface area contributed by atoms with E-state index in [1.54, 1.807) is 36.1 Å². The second-order valence-electron chi connectivity index (χ2n) is 7.93. The van der Waals surface area contributed by atoms with E-state index in [-0.39, 0.29) is 17.7 Å². The van der Waals surface area contributed by atoms with E-state index in [1.165, 1.54) is 0 Å². The number of carbonyl (C=O) groups is 3. The number of amides is 2. The van der Waals surface area contributed by atoms with Crippen LogP contribution in [0.15, 0.2) is 42.5 Å². The molecule has 6 heteroatoms. The molecule has 0 bridgehead atoms. The van der Waals surface area contributed by atoms with Crippen LogP contribution in [0.5, 0.6) is 0 Å². The third kappa shape index (κ3) is 4.70. The van der Waals surface area contributed by atoms with Crippen molar-refractivity contribution in [2.45, 2.75) is 52.6 Å². The average molecular weight is 408 g/mol. The zero-order chi connectivity index (χ0) is 21.8. The molecule has 158 valence electrons. The van der Waals surface area contributed by atoms with Gasteiger partial charge in [0.15, 0.2) is 6.10 Å². The Morgan fingerprint density at radius 3 is 2.37 bits per heavy atom. The van der Waals surface area contributed by atoms with Crippen molar-refractivity contribution in [2.75, 3.05) is 16.8 Å². The number of carbonyl (C=O) groups excluding carboxylic acids is 3. The summed E-state index contributed by atoms with van der Waals surface area (Å²) in [6, 6.07) is 12.6. The third-order valence-electron chi connectivity index (χ3n) is 5.32. The lowest BCUT2D eigenvalue weighted by atomic mass is 9.98. The van der Waals surface area contributed by atoms with Crippen LogP contribution in [0.4, 0.5) is 11.4 Å². The number of esters is 1. The van der Waals surface area contributed by atoms with Gasteiger partial charge in [0.1, 0.15) is 0 Å². The van der Waals surface area contributed by atoms with Crippen molar-refractivity contribution in [2.24, 2.45) is 0 Å². The molecule has 30 heavy (non-hydrogen) atoms. The lowest BCUT2D eigenvalue weighted by Gasteiger charge is -2.19. The lowest BCUT2D eigenvalue weighted by molar-refractivity contribution is -0.123. The molecule has 1 N–H and O–H groups in total. The van der Waals surface area contributed by atoms with Crippen molar-refractivity contribution >= 4 is 29.2 Å². The summed E-state index contributed by atoms with van der Waals surface area (Å²) in [5, 5.41) is 2.91. The topological polar surface area (TPSA) is 75.7 Å². The highest BCUT2D eigenvalue weighted by molar-refractivity contribution is 5.99. The van der Waals surface area contributed by atoms with E-state index in [0.717, 1.165) is 28.9 Å². The lowest BCUT2D eigenvalue weighted by Crippen LogP contribution is -2.30. The van der Waals surface area contributed by atoms with E-state index in [1.807, 2.05) is 25.1 Å². The number of rotatable bonds is 6. The average Bonchev–Trinajstić information content (AvgIpc) is 3.15. The first-order valence-corrected chi connectivity index (χ1v) is 10.3. The quantitative estimate of drug-likeness (QED) is 0.718. The predicted molar refractivity (Wildman–Crippen MR) is 117 cm³/mol. The molecule has 6 nitrogen and oxygen atoms in total. The molecule has 2 aromatic rings. The number of ether oxygens (including phenoxy) is 1. The minimum Gasteiger partial charge on any atom is -0.449 e. The van der Waals surface area contributed by atoms with Crippen molar-refractivity contribution in [1.29, 1.82) is 0 Å². The van der Waals surface area contributed by atoms with Gasteiger partial charge >= 0.3 is 5.97 Å². The molecule has 0 aliphatic carbocycles. The highest BCUT2D eigenvalue weighted by atomic mass is 16.5. The molecule has 1 heterocycles. The number of aryl methyl sites for hydroxylation is 1. The molecule has 1 aliphatic rings. The Labute approximate surface area is 177 Å². The summed E-state index contributed by atoms with van der Waals surface area (Å²) in [7, 11) is 0. The number of anilines is 2. The second kappa shape index (κ2) is 9.11. The van der Waals surface area contributed by atoms with Crippen LogP contribution in [0, 0.1) is 6.92 Å². The zero-order valence-corrected chi connectivity index (χ0v) is 17.9. The normalized spacial score (nSPS) is 14.7. The maximum Gasteiger partial charge on any atom is 0.338 e. The minimum absolute atomic E-state index is 0.0904. The van der Waals surface area contributed by atoms with Crippen LogP contribution in [0.3, 0.4) is 0 Å². The number of hydrogen-bond donors (Lipinski definition) is 1. The Bertz CT molecular complexity index is 950. The van der Waals surface area contributed by atoms with Crippen LogP contribution in [-0.2, 0) is 14.3 Å². The van der Waals surface area contributed by atoms with E-state index in [9.17, 15) is 14.4 Å².